The van der Waals surface area contributed by atoms with Gasteiger partial charge in [-0.25, -0.2) is 18.2 Å². The topological polar surface area (TPSA) is 95.9 Å². The molecular weight excluding hydrogens is 356 g/mol. The first-order valence-electron chi connectivity index (χ1n) is 8.97. The van der Waals surface area contributed by atoms with Gasteiger partial charge in [-0.2, -0.15) is 0 Å². The van der Waals surface area contributed by atoms with Crippen molar-refractivity contribution >= 4 is 15.9 Å². The smallest absolute Gasteiger partial charge is 0.250 e. The number of para-hydroxylation sites is 1. The molecule has 144 valence electrons. The number of carbonyl (C=O) groups excluding carboxylic acids is 1. The van der Waals surface area contributed by atoms with Gasteiger partial charge in [0, 0.05) is 13.1 Å². The van der Waals surface area contributed by atoms with E-state index < -0.39 is 21.3 Å². The van der Waals surface area contributed by atoms with Crippen LogP contribution < -0.4 is 10.2 Å². The molecule has 0 unspecified atom stereocenters. The summed E-state index contributed by atoms with van der Waals surface area (Å²) in [5.74, 6) is 0.278. The van der Waals surface area contributed by atoms with E-state index in [4.69, 9.17) is 9.94 Å². The number of benzene rings is 1. The molecule has 1 heterocycles. The van der Waals surface area contributed by atoms with Gasteiger partial charge in [-0.05, 0) is 43.2 Å². The summed E-state index contributed by atoms with van der Waals surface area (Å²) in [7, 11) is -1.91. The lowest BCUT2D eigenvalue weighted by molar-refractivity contribution is -0.143. The van der Waals surface area contributed by atoms with Gasteiger partial charge < -0.3 is 4.74 Å². The first-order chi connectivity index (χ1) is 12.4. The number of nitrogens with zero attached hydrogens (tertiary/aromatic N) is 1. The molecule has 0 atom stereocenters. The summed E-state index contributed by atoms with van der Waals surface area (Å²) >= 11 is 0. The molecule has 1 amide bonds. The minimum absolute atomic E-state index is 0.230. The van der Waals surface area contributed by atoms with Crippen molar-refractivity contribution in [2.24, 2.45) is 5.41 Å². The molecule has 8 heteroatoms. The van der Waals surface area contributed by atoms with Crippen LogP contribution in [0.4, 0.5) is 0 Å². The Labute approximate surface area is 154 Å². The van der Waals surface area contributed by atoms with E-state index in [9.17, 15) is 13.2 Å². The van der Waals surface area contributed by atoms with Crippen LogP contribution in [0.1, 0.15) is 43.6 Å². The molecule has 2 aliphatic rings. The number of ether oxygens (including phenoxy) is 1. The highest BCUT2D eigenvalue weighted by Gasteiger charge is 2.48. The Morgan fingerprint density at radius 2 is 1.96 bits per heavy atom. The maximum atomic E-state index is 12.8. The molecule has 2 N–H and O–H groups in total. The molecule has 0 spiro atoms. The normalized spacial score (nSPS) is 21.0. The van der Waals surface area contributed by atoms with Gasteiger partial charge in [-0.3, -0.25) is 10.0 Å². The average Bonchev–Trinajstić information content (AvgIpc) is 2.64. The van der Waals surface area contributed by atoms with E-state index >= 15 is 0 Å². The third-order valence-electron chi connectivity index (χ3n) is 5.78. The number of nitrogens with one attached hydrogen (secondary N) is 1. The van der Waals surface area contributed by atoms with Gasteiger partial charge in [-0.15, -0.1) is 0 Å². The third-order valence-corrected chi connectivity index (χ3v) is 7.85. The quantitative estimate of drug-likeness (QED) is 0.578. The highest BCUT2D eigenvalue weighted by molar-refractivity contribution is 7.89. The monoisotopic (exact) mass is 382 g/mol. The molecular formula is C18H26N2O5S. The minimum atomic E-state index is -3.55. The molecule has 1 aliphatic heterocycles. The highest BCUT2D eigenvalue weighted by Crippen LogP contribution is 2.43. The van der Waals surface area contributed by atoms with Crippen LogP contribution >= 0.6 is 0 Å². The van der Waals surface area contributed by atoms with E-state index in [1.165, 1.54) is 4.31 Å². The van der Waals surface area contributed by atoms with Gasteiger partial charge in [-0.1, -0.05) is 24.6 Å². The Morgan fingerprint density at radius 3 is 2.50 bits per heavy atom. The van der Waals surface area contributed by atoms with Crippen LogP contribution in [0.3, 0.4) is 0 Å². The molecule has 1 saturated heterocycles. The fourth-order valence-corrected chi connectivity index (χ4v) is 6.12. The molecule has 1 saturated carbocycles. The van der Waals surface area contributed by atoms with Crippen molar-refractivity contribution < 1.29 is 23.2 Å². The Morgan fingerprint density at radius 1 is 1.31 bits per heavy atom. The number of hydrogen-bond acceptors (Lipinski definition) is 5. The number of rotatable bonds is 6. The summed E-state index contributed by atoms with van der Waals surface area (Å²) in [6, 6.07) is 7.84. The summed E-state index contributed by atoms with van der Waals surface area (Å²) in [6.07, 6.45) is 3.24. The van der Waals surface area contributed by atoms with Crippen molar-refractivity contribution in [1.82, 2.24) is 9.79 Å². The van der Waals surface area contributed by atoms with Crippen molar-refractivity contribution in [1.29, 1.82) is 0 Å². The Hall–Kier alpha value is -1.64. The van der Waals surface area contributed by atoms with E-state index in [0.29, 0.717) is 25.9 Å². The van der Waals surface area contributed by atoms with Gasteiger partial charge in [0.2, 0.25) is 10.0 Å². The van der Waals surface area contributed by atoms with Crippen molar-refractivity contribution in [2.75, 3.05) is 26.0 Å². The average molecular weight is 382 g/mol. The second-order valence-corrected chi connectivity index (χ2v) is 9.22. The molecule has 3 rings (SSSR count). The number of piperidine rings is 1. The maximum absolute atomic E-state index is 12.8. The molecule has 1 aromatic rings. The highest BCUT2D eigenvalue weighted by atomic mass is 32.2. The second-order valence-electron chi connectivity index (χ2n) is 7.25. The molecule has 0 aromatic heterocycles. The van der Waals surface area contributed by atoms with Gasteiger partial charge in [0.05, 0.1) is 18.3 Å². The zero-order valence-corrected chi connectivity index (χ0v) is 15.8. The van der Waals surface area contributed by atoms with Crippen molar-refractivity contribution in [3.63, 3.8) is 0 Å². The first-order valence-corrected chi connectivity index (χ1v) is 10.6. The molecule has 7 nitrogen and oxygen atoms in total. The largest absolute Gasteiger partial charge is 0.496 e. The van der Waals surface area contributed by atoms with Crippen LogP contribution in [0.5, 0.6) is 5.75 Å². The van der Waals surface area contributed by atoms with Crippen LogP contribution in [-0.4, -0.2) is 49.8 Å². The lowest BCUT2D eigenvalue weighted by Crippen LogP contribution is -2.52. The number of carbonyl (C=O) groups is 1. The minimum Gasteiger partial charge on any atom is -0.496 e. The SMILES string of the molecule is COc1ccccc1C1CCN(S(=O)(=O)CC2(C(=O)NO)CCC2)CC1. The van der Waals surface area contributed by atoms with Crippen molar-refractivity contribution in [3.8, 4) is 5.75 Å². The Bertz CT molecular complexity index is 753. The second kappa shape index (κ2) is 7.54. The van der Waals surface area contributed by atoms with Gasteiger partial charge in [0.15, 0.2) is 0 Å². The molecule has 1 aliphatic carbocycles. The lowest BCUT2D eigenvalue weighted by Gasteiger charge is -2.41. The number of amides is 1. The molecule has 0 bridgehead atoms. The van der Waals surface area contributed by atoms with Crippen LogP contribution in [0.25, 0.3) is 0 Å². The van der Waals surface area contributed by atoms with Crippen molar-refractivity contribution in [2.45, 2.75) is 38.0 Å². The summed E-state index contributed by atoms with van der Waals surface area (Å²) in [4.78, 5) is 11.9. The maximum Gasteiger partial charge on any atom is 0.250 e. The standard InChI is InChI=1S/C18H26N2O5S/c1-25-16-6-3-2-5-15(16)14-7-11-20(12-8-14)26(23,24)13-18(9-4-10-18)17(21)19-22/h2-3,5-6,14,22H,4,7-13H2,1H3,(H,19,21). The van der Waals surface area contributed by atoms with Gasteiger partial charge in [0.25, 0.3) is 5.91 Å². The van der Waals surface area contributed by atoms with E-state index in [0.717, 1.165) is 30.6 Å². The lowest BCUT2D eigenvalue weighted by atomic mass is 9.70. The fraction of sp³-hybridized carbons (Fsp3) is 0.611. The Kier molecular flexibility index (Phi) is 5.55. The summed E-state index contributed by atoms with van der Waals surface area (Å²) in [6.45, 7) is 0.865. The van der Waals surface area contributed by atoms with E-state index in [-0.39, 0.29) is 11.7 Å². The molecule has 26 heavy (non-hydrogen) atoms. The number of methoxy groups -OCH3 is 1. The van der Waals surface area contributed by atoms with Crippen LogP contribution in [0, 0.1) is 5.41 Å². The summed E-state index contributed by atoms with van der Waals surface area (Å²) in [5.41, 5.74) is 1.77. The van der Waals surface area contributed by atoms with Gasteiger partial charge in [0.1, 0.15) is 5.75 Å². The third kappa shape index (κ3) is 3.58. The number of hydrogen-bond donors (Lipinski definition) is 2. The zero-order chi connectivity index (χ0) is 18.8. The number of hydroxylamine groups is 1. The van der Waals surface area contributed by atoms with Crippen LogP contribution in [0.2, 0.25) is 0 Å². The van der Waals surface area contributed by atoms with Crippen LogP contribution in [0.15, 0.2) is 24.3 Å². The summed E-state index contributed by atoms with van der Waals surface area (Å²) in [5, 5.41) is 8.93. The first kappa shape index (κ1) is 19.1. The number of sulfonamides is 1. The predicted octanol–water partition coefficient (Wildman–Crippen LogP) is 1.88. The molecule has 0 radical (unpaired) electrons. The molecule has 2 fully saturated rings. The van der Waals surface area contributed by atoms with E-state index in [1.807, 2.05) is 24.3 Å². The summed E-state index contributed by atoms with van der Waals surface area (Å²) < 4.78 is 32.5. The van der Waals surface area contributed by atoms with E-state index in [1.54, 1.807) is 12.6 Å². The zero-order valence-electron chi connectivity index (χ0n) is 15.0. The fourth-order valence-electron chi connectivity index (χ4n) is 4.05. The van der Waals surface area contributed by atoms with Gasteiger partial charge >= 0.3 is 0 Å². The van der Waals surface area contributed by atoms with E-state index in [2.05, 4.69) is 0 Å². The Balaban J connectivity index is 1.66. The van der Waals surface area contributed by atoms with Crippen LogP contribution in [-0.2, 0) is 14.8 Å². The predicted molar refractivity (Wildman–Crippen MR) is 96.5 cm³/mol. The van der Waals surface area contributed by atoms with Crippen molar-refractivity contribution in [3.05, 3.63) is 29.8 Å². The molecule has 1 aromatic carbocycles.